The van der Waals surface area contributed by atoms with Crippen molar-refractivity contribution < 1.29 is 23.2 Å². The maximum Gasteiger partial charge on any atom is 0.308 e. The van der Waals surface area contributed by atoms with Crippen LogP contribution in [-0.4, -0.2) is 27.5 Å². The summed E-state index contributed by atoms with van der Waals surface area (Å²) in [5.74, 6) is -2.97. The van der Waals surface area contributed by atoms with E-state index in [1.165, 1.54) is 35.1 Å². The van der Waals surface area contributed by atoms with E-state index in [-0.39, 0.29) is 17.1 Å². The van der Waals surface area contributed by atoms with Gasteiger partial charge in [-0.15, -0.1) is 0 Å². The zero-order valence-electron chi connectivity index (χ0n) is 19.3. The van der Waals surface area contributed by atoms with Gasteiger partial charge in [-0.2, -0.15) is 0 Å². The fourth-order valence-corrected chi connectivity index (χ4v) is 7.63. The van der Waals surface area contributed by atoms with Gasteiger partial charge in [0.2, 0.25) is 17.7 Å². The molecule has 6 rings (SSSR count). The number of hydrogen-bond acceptors (Lipinski definition) is 7. The number of carbonyl (C=O) groups excluding carboxylic acids is 3. The molecule has 2 aliphatic heterocycles. The lowest BCUT2D eigenvalue weighted by atomic mass is 9.87. The van der Waals surface area contributed by atoms with Gasteiger partial charge >= 0.3 is 4.87 Å². The summed E-state index contributed by atoms with van der Waals surface area (Å²) in [6.45, 7) is -0.285. The number of nitrogens with zero attached hydrogens (tertiary/aromatic N) is 2. The third-order valence-corrected chi connectivity index (χ3v) is 9.27. The number of halogens is 2. The number of thiazole rings is 1. The molecule has 0 saturated carbocycles. The van der Waals surface area contributed by atoms with E-state index in [1.807, 2.05) is 0 Å². The molecule has 1 N–H and O–H groups in total. The van der Waals surface area contributed by atoms with Crippen LogP contribution in [0.4, 0.5) is 15.8 Å². The van der Waals surface area contributed by atoms with E-state index in [0.717, 1.165) is 28.0 Å². The number of furan rings is 1. The number of hydrogen-bond donors (Lipinski definition) is 1. The third-order valence-electron chi connectivity index (χ3n) is 6.41. The number of anilines is 2. The monoisotopic (exact) mass is 569 g/mol. The van der Waals surface area contributed by atoms with Gasteiger partial charge in [0, 0.05) is 10.7 Å². The molecule has 2 aromatic heterocycles. The van der Waals surface area contributed by atoms with Gasteiger partial charge in [0.05, 0.1) is 33.7 Å². The quantitative estimate of drug-likeness (QED) is 0.349. The van der Waals surface area contributed by atoms with Crippen LogP contribution in [0.15, 0.2) is 81.2 Å². The maximum absolute atomic E-state index is 13.7. The van der Waals surface area contributed by atoms with Crippen LogP contribution in [-0.2, 0) is 20.9 Å². The maximum atomic E-state index is 13.7. The Hall–Kier alpha value is -3.67. The Bertz CT molecular complexity index is 1620. The fraction of sp³-hybridized carbons (Fsp3) is 0.154. The Balaban J connectivity index is 1.38. The number of nitrogens with one attached hydrogen (secondary N) is 1. The molecule has 8 nitrogen and oxygen atoms in total. The minimum Gasteiger partial charge on any atom is -0.469 e. The molecule has 0 bridgehead atoms. The average Bonchev–Trinajstić information content (AvgIpc) is 3.59. The summed E-state index contributed by atoms with van der Waals surface area (Å²) in [5.41, 5.74) is 0.780. The molecule has 1 fully saturated rings. The average molecular weight is 570 g/mol. The number of fused-ring (bicyclic) bond motifs is 2. The van der Waals surface area contributed by atoms with Crippen molar-refractivity contribution >= 4 is 63.8 Å². The van der Waals surface area contributed by atoms with E-state index in [2.05, 4.69) is 5.32 Å². The molecular formula is C26H17ClFN3O5S2. The minimum atomic E-state index is -0.866. The molecule has 192 valence electrons. The summed E-state index contributed by atoms with van der Waals surface area (Å²) in [5, 5.41) is 2.83. The molecule has 2 unspecified atom stereocenters. The third kappa shape index (κ3) is 4.16. The van der Waals surface area contributed by atoms with Crippen LogP contribution in [0.1, 0.15) is 16.6 Å². The van der Waals surface area contributed by atoms with Gasteiger partial charge in [-0.3, -0.25) is 23.7 Å². The van der Waals surface area contributed by atoms with Crippen molar-refractivity contribution in [2.75, 3.05) is 10.2 Å². The Kier molecular flexibility index (Phi) is 6.21. The van der Waals surface area contributed by atoms with E-state index in [9.17, 15) is 23.6 Å². The normalized spacial score (nSPS) is 20.4. The summed E-state index contributed by atoms with van der Waals surface area (Å²) in [7, 11) is 0. The van der Waals surface area contributed by atoms with Crippen molar-refractivity contribution in [2.45, 2.75) is 22.7 Å². The van der Waals surface area contributed by atoms with Crippen LogP contribution in [0.3, 0.4) is 0 Å². The van der Waals surface area contributed by atoms with Gasteiger partial charge in [0.25, 0.3) is 0 Å². The first-order valence-electron chi connectivity index (χ1n) is 11.4. The Labute approximate surface area is 228 Å². The van der Waals surface area contributed by atoms with E-state index >= 15 is 0 Å². The minimum absolute atomic E-state index is 0.262. The van der Waals surface area contributed by atoms with Crippen LogP contribution in [0.2, 0.25) is 5.02 Å². The molecule has 0 aliphatic carbocycles. The number of aromatic nitrogens is 1. The highest BCUT2D eigenvalue weighted by atomic mass is 35.5. The zero-order chi connectivity index (χ0) is 26.6. The summed E-state index contributed by atoms with van der Waals surface area (Å²) in [6.07, 6.45) is 1.46. The molecule has 4 heterocycles. The Morgan fingerprint density at radius 1 is 1.03 bits per heavy atom. The lowest BCUT2D eigenvalue weighted by Gasteiger charge is -2.29. The Morgan fingerprint density at radius 2 is 1.76 bits per heavy atom. The Morgan fingerprint density at radius 3 is 2.45 bits per heavy atom. The second-order valence-corrected chi connectivity index (χ2v) is 11.3. The van der Waals surface area contributed by atoms with E-state index < -0.39 is 40.6 Å². The van der Waals surface area contributed by atoms with Crippen LogP contribution in [0, 0.1) is 11.7 Å². The predicted octanol–water partition coefficient (Wildman–Crippen LogP) is 4.73. The van der Waals surface area contributed by atoms with Crippen molar-refractivity contribution in [2.24, 2.45) is 5.92 Å². The van der Waals surface area contributed by atoms with E-state index in [0.29, 0.717) is 26.4 Å². The molecular weight excluding hydrogens is 553 g/mol. The lowest BCUT2D eigenvalue weighted by Crippen LogP contribution is -2.32. The molecule has 2 aliphatic rings. The first kappa shape index (κ1) is 24.7. The first-order chi connectivity index (χ1) is 18.3. The number of rotatable bonds is 5. The van der Waals surface area contributed by atoms with Crippen LogP contribution < -0.4 is 15.1 Å². The highest BCUT2D eigenvalue weighted by Gasteiger charge is 2.57. The van der Waals surface area contributed by atoms with Crippen molar-refractivity contribution in [1.82, 2.24) is 4.57 Å². The summed E-state index contributed by atoms with van der Waals surface area (Å²) < 4.78 is 20.5. The molecule has 0 spiro atoms. The smallest absolute Gasteiger partial charge is 0.308 e. The molecule has 4 aromatic rings. The fourth-order valence-electron chi connectivity index (χ4n) is 4.75. The van der Waals surface area contributed by atoms with Gasteiger partial charge < -0.3 is 9.73 Å². The highest BCUT2D eigenvalue weighted by molar-refractivity contribution is 8.00. The number of carbonyl (C=O) groups is 3. The predicted molar refractivity (Wildman–Crippen MR) is 141 cm³/mol. The second-order valence-electron chi connectivity index (χ2n) is 8.72. The van der Waals surface area contributed by atoms with Crippen molar-refractivity contribution in [3.8, 4) is 0 Å². The van der Waals surface area contributed by atoms with Gasteiger partial charge in [0.15, 0.2) is 0 Å². The summed E-state index contributed by atoms with van der Waals surface area (Å²) in [6, 6.07) is 15.0. The highest BCUT2D eigenvalue weighted by Crippen LogP contribution is 2.53. The van der Waals surface area contributed by atoms with Gasteiger partial charge in [0.1, 0.15) is 23.4 Å². The van der Waals surface area contributed by atoms with Gasteiger partial charge in [-0.1, -0.05) is 34.7 Å². The first-order valence-corrected chi connectivity index (χ1v) is 13.5. The molecule has 12 heteroatoms. The van der Waals surface area contributed by atoms with Gasteiger partial charge in [-0.25, -0.2) is 9.29 Å². The lowest BCUT2D eigenvalue weighted by molar-refractivity contribution is -0.122. The van der Waals surface area contributed by atoms with Crippen LogP contribution in [0.25, 0.3) is 0 Å². The molecule has 3 amide bonds. The van der Waals surface area contributed by atoms with E-state index in [1.54, 1.807) is 36.4 Å². The number of imide groups is 1. The molecule has 0 radical (unpaired) electrons. The van der Waals surface area contributed by atoms with Crippen molar-refractivity contribution in [3.05, 3.63) is 98.1 Å². The van der Waals surface area contributed by atoms with Crippen molar-refractivity contribution in [3.63, 3.8) is 0 Å². The summed E-state index contributed by atoms with van der Waals surface area (Å²) in [4.78, 5) is 54.3. The SMILES string of the molecule is O=C(Cn1c2c(sc1=O)[C@H](c1ccco1)C1C(=O)N(c3ccc(F)cc3)C(=O)C1S2)Nc1ccc(Cl)cc1. The van der Waals surface area contributed by atoms with Crippen LogP contribution >= 0.6 is 34.7 Å². The topological polar surface area (TPSA) is 102 Å². The second kappa shape index (κ2) is 9.57. The molecule has 3 atom stereocenters. The van der Waals surface area contributed by atoms with Gasteiger partial charge in [-0.05, 0) is 60.7 Å². The molecule has 38 heavy (non-hydrogen) atoms. The van der Waals surface area contributed by atoms with Crippen LogP contribution in [0.5, 0.6) is 0 Å². The summed E-state index contributed by atoms with van der Waals surface area (Å²) >= 11 is 7.91. The largest absolute Gasteiger partial charge is 0.469 e. The standard InChI is InChI=1S/C26H17ClFN3O5S2/c27-13-3-7-15(8-4-13)29-18(32)12-30-25-22(38-26(30)35)19(17-2-1-11-36-17)20-21(37-25)24(34)31(23(20)33)16-9-5-14(28)6-10-16/h1-11,19-21H,12H2,(H,29,32)/t19-,20?,21?/m1/s1. The zero-order valence-corrected chi connectivity index (χ0v) is 21.7. The molecule has 1 saturated heterocycles. The number of benzene rings is 2. The number of amides is 3. The molecule has 2 aromatic carbocycles. The number of thioether (sulfide) groups is 1. The van der Waals surface area contributed by atoms with Crippen molar-refractivity contribution in [1.29, 1.82) is 0 Å². The van der Waals surface area contributed by atoms with E-state index in [4.69, 9.17) is 16.0 Å².